The molecule has 2 rings (SSSR count). The summed E-state index contributed by atoms with van der Waals surface area (Å²) in [6.45, 7) is 5.05. The summed E-state index contributed by atoms with van der Waals surface area (Å²) in [6.07, 6.45) is 3.85. The highest BCUT2D eigenvalue weighted by molar-refractivity contribution is 4.82. The minimum absolute atomic E-state index is 0.370. The van der Waals surface area contributed by atoms with E-state index in [1.807, 2.05) is 0 Å². The highest BCUT2D eigenvalue weighted by Gasteiger charge is 2.24. The zero-order chi connectivity index (χ0) is 9.10. The molecule has 0 aromatic carbocycles. The summed E-state index contributed by atoms with van der Waals surface area (Å²) in [7, 11) is 0. The van der Waals surface area contributed by atoms with Gasteiger partial charge in [-0.15, -0.1) is 0 Å². The van der Waals surface area contributed by atoms with Gasteiger partial charge in [-0.25, -0.2) is 0 Å². The first kappa shape index (κ1) is 9.44. The number of hydrogen-bond acceptors (Lipinski definition) is 3. The molecule has 0 bridgehead atoms. The molecule has 3 nitrogen and oxygen atoms in total. The fourth-order valence-corrected chi connectivity index (χ4v) is 2.45. The molecule has 2 fully saturated rings. The Morgan fingerprint density at radius 1 is 1.38 bits per heavy atom. The molecule has 0 aromatic rings. The molecule has 2 aliphatic rings. The third kappa shape index (κ3) is 2.42. The minimum Gasteiger partial charge on any atom is -0.396 e. The topological polar surface area (TPSA) is 35.5 Å². The SMILES string of the molecule is OCC1CCN(CC2CCCN2)C1. The average molecular weight is 184 g/mol. The quantitative estimate of drug-likeness (QED) is 0.651. The van der Waals surface area contributed by atoms with Gasteiger partial charge in [0, 0.05) is 25.7 Å². The molecular formula is C10H20N2O. The molecule has 2 aliphatic heterocycles. The minimum atomic E-state index is 0.370. The Bertz CT molecular complexity index is 157. The molecule has 0 amide bonds. The molecule has 2 saturated heterocycles. The molecular weight excluding hydrogens is 164 g/mol. The van der Waals surface area contributed by atoms with Crippen LogP contribution in [-0.2, 0) is 0 Å². The van der Waals surface area contributed by atoms with Crippen LogP contribution >= 0.6 is 0 Å². The number of aliphatic hydroxyl groups is 1. The van der Waals surface area contributed by atoms with Crippen LogP contribution in [0.25, 0.3) is 0 Å². The van der Waals surface area contributed by atoms with E-state index in [1.165, 1.54) is 38.9 Å². The standard InChI is InChI=1S/C10H20N2O/c13-8-9-3-5-12(6-9)7-10-2-1-4-11-10/h9-11,13H,1-8H2. The van der Waals surface area contributed by atoms with Crippen LogP contribution in [0.2, 0.25) is 0 Å². The lowest BCUT2D eigenvalue weighted by atomic mass is 10.1. The van der Waals surface area contributed by atoms with Crippen molar-refractivity contribution in [2.75, 3.05) is 32.8 Å². The van der Waals surface area contributed by atoms with Crippen LogP contribution in [0.1, 0.15) is 19.3 Å². The van der Waals surface area contributed by atoms with E-state index in [-0.39, 0.29) is 0 Å². The van der Waals surface area contributed by atoms with Gasteiger partial charge < -0.3 is 15.3 Å². The lowest BCUT2D eigenvalue weighted by Gasteiger charge is -2.20. The van der Waals surface area contributed by atoms with Crippen LogP contribution in [0.3, 0.4) is 0 Å². The molecule has 13 heavy (non-hydrogen) atoms. The van der Waals surface area contributed by atoms with Gasteiger partial charge in [-0.3, -0.25) is 0 Å². The molecule has 0 radical (unpaired) electrons. The van der Waals surface area contributed by atoms with Crippen LogP contribution in [0.15, 0.2) is 0 Å². The predicted molar refractivity (Wildman–Crippen MR) is 52.7 cm³/mol. The fourth-order valence-electron chi connectivity index (χ4n) is 2.45. The van der Waals surface area contributed by atoms with Gasteiger partial charge in [0.05, 0.1) is 0 Å². The van der Waals surface area contributed by atoms with Crippen LogP contribution in [0.4, 0.5) is 0 Å². The molecule has 0 aromatic heterocycles. The highest BCUT2D eigenvalue weighted by atomic mass is 16.3. The van der Waals surface area contributed by atoms with E-state index in [9.17, 15) is 0 Å². The first-order valence-corrected chi connectivity index (χ1v) is 5.45. The Morgan fingerprint density at radius 2 is 2.31 bits per heavy atom. The van der Waals surface area contributed by atoms with E-state index < -0.39 is 0 Å². The smallest absolute Gasteiger partial charge is 0.0471 e. The average Bonchev–Trinajstić information content (AvgIpc) is 2.76. The summed E-state index contributed by atoms with van der Waals surface area (Å²) in [5, 5.41) is 12.5. The van der Waals surface area contributed by atoms with E-state index in [1.54, 1.807) is 0 Å². The maximum atomic E-state index is 9.00. The van der Waals surface area contributed by atoms with Gasteiger partial charge in [-0.1, -0.05) is 0 Å². The van der Waals surface area contributed by atoms with Crippen molar-refractivity contribution in [1.82, 2.24) is 10.2 Å². The normalized spacial score (nSPS) is 35.8. The van der Waals surface area contributed by atoms with Gasteiger partial charge in [-0.05, 0) is 38.3 Å². The van der Waals surface area contributed by atoms with Crippen LogP contribution < -0.4 is 5.32 Å². The molecule has 2 unspecified atom stereocenters. The van der Waals surface area contributed by atoms with Crippen LogP contribution in [0.5, 0.6) is 0 Å². The van der Waals surface area contributed by atoms with E-state index >= 15 is 0 Å². The van der Waals surface area contributed by atoms with E-state index in [0.29, 0.717) is 12.5 Å². The van der Waals surface area contributed by atoms with Gasteiger partial charge in [0.1, 0.15) is 0 Å². The maximum absolute atomic E-state index is 9.00. The molecule has 76 valence electrons. The summed E-state index contributed by atoms with van der Waals surface area (Å²) >= 11 is 0. The van der Waals surface area contributed by atoms with Crippen molar-refractivity contribution < 1.29 is 5.11 Å². The lowest BCUT2D eigenvalue weighted by molar-refractivity contribution is 0.217. The molecule has 2 atom stereocenters. The summed E-state index contributed by atoms with van der Waals surface area (Å²) in [5.41, 5.74) is 0. The van der Waals surface area contributed by atoms with Gasteiger partial charge >= 0.3 is 0 Å². The van der Waals surface area contributed by atoms with Crippen molar-refractivity contribution in [1.29, 1.82) is 0 Å². The van der Waals surface area contributed by atoms with Crippen LogP contribution in [0, 0.1) is 5.92 Å². The van der Waals surface area contributed by atoms with E-state index in [4.69, 9.17) is 5.11 Å². The number of aliphatic hydroxyl groups excluding tert-OH is 1. The third-order valence-electron chi connectivity index (χ3n) is 3.27. The van der Waals surface area contributed by atoms with Crippen LogP contribution in [-0.4, -0.2) is 48.8 Å². The summed E-state index contributed by atoms with van der Waals surface area (Å²) in [4.78, 5) is 2.49. The summed E-state index contributed by atoms with van der Waals surface area (Å²) in [5.74, 6) is 0.543. The third-order valence-corrected chi connectivity index (χ3v) is 3.27. The molecule has 0 spiro atoms. The first-order valence-electron chi connectivity index (χ1n) is 5.45. The molecule has 2 heterocycles. The number of rotatable bonds is 3. The highest BCUT2D eigenvalue weighted by Crippen LogP contribution is 2.17. The Hall–Kier alpha value is -0.120. The predicted octanol–water partition coefficient (Wildman–Crippen LogP) is 0.0526. The second kappa shape index (κ2) is 4.40. The molecule has 0 saturated carbocycles. The number of nitrogens with one attached hydrogen (secondary N) is 1. The van der Waals surface area contributed by atoms with E-state index in [2.05, 4.69) is 10.2 Å². The van der Waals surface area contributed by atoms with Gasteiger partial charge in [0.2, 0.25) is 0 Å². The maximum Gasteiger partial charge on any atom is 0.0471 e. The lowest BCUT2D eigenvalue weighted by Crippen LogP contribution is -2.36. The Kier molecular flexibility index (Phi) is 3.19. The second-order valence-electron chi connectivity index (χ2n) is 4.39. The van der Waals surface area contributed by atoms with Crippen molar-refractivity contribution >= 4 is 0 Å². The number of nitrogens with zero attached hydrogens (tertiary/aromatic N) is 1. The van der Waals surface area contributed by atoms with Crippen molar-refractivity contribution in [2.24, 2.45) is 5.92 Å². The monoisotopic (exact) mass is 184 g/mol. The summed E-state index contributed by atoms with van der Waals surface area (Å²) in [6, 6.07) is 0.720. The Balaban J connectivity index is 1.70. The molecule has 2 N–H and O–H groups in total. The fraction of sp³-hybridized carbons (Fsp3) is 1.00. The number of likely N-dealkylation sites (tertiary alicyclic amines) is 1. The number of hydrogen-bond donors (Lipinski definition) is 2. The first-order chi connectivity index (χ1) is 6.38. The van der Waals surface area contributed by atoms with E-state index in [0.717, 1.165) is 12.6 Å². The molecule has 3 heteroatoms. The zero-order valence-electron chi connectivity index (χ0n) is 8.21. The Labute approximate surface area is 80.1 Å². The van der Waals surface area contributed by atoms with Crippen molar-refractivity contribution in [3.8, 4) is 0 Å². The summed E-state index contributed by atoms with van der Waals surface area (Å²) < 4.78 is 0. The van der Waals surface area contributed by atoms with Gasteiger partial charge in [0.15, 0.2) is 0 Å². The van der Waals surface area contributed by atoms with Crippen molar-refractivity contribution in [2.45, 2.75) is 25.3 Å². The Morgan fingerprint density at radius 3 is 2.92 bits per heavy atom. The van der Waals surface area contributed by atoms with Gasteiger partial charge in [-0.2, -0.15) is 0 Å². The van der Waals surface area contributed by atoms with Crippen molar-refractivity contribution in [3.63, 3.8) is 0 Å². The van der Waals surface area contributed by atoms with Gasteiger partial charge in [0.25, 0.3) is 0 Å². The largest absolute Gasteiger partial charge is 0.396 e. The molecule has 0 aliphatic carbocycles. The zero-order valence-corrected chi connectivity index (χ0v) is 8.21. The van der Waals surface area contributed by atoms with Crippen molar-refractivity contribution in [3.05, 3.63) is 0 Å². The second-order valence-corrected chi connectivity index (χ2v) is 4.39.